The van der Waals surface area contributed by atoms with E-state index in [1.807, 2.05) is 7.05 Å². The van der Waals surface area contributed by atoms with Crippen molar-refractivity contribution in [1.29, 1.82) is 0 Å². The second-order valence-corrected chi connectivity index (χ2v) is 6.22. The fourth-order valence-corrected chi connectivity index (χ4v) is 2.55. The zero-order valence-electron chi connectivity index (χ0n) is 13.0. The molecule has 0 spiro atoms. The summed E-state index contributed by atoms with van der Waals surface area (Å²) in [6.07, 6.45) is 7.76. The molecule has 114 valence electrons. The molecule has 0 fully saturated rings. The summed E-state index contributed by atoms with van der Waals surface area (Å²) in [6, 6.07) is 6.57. The number of ether oxygens (including phenoxy) is 1. The summed E-state index contributed by atoms with van der Waals surface area (Å²) in [7, 11) is 1.98. The van der Waals surface area contributed by atoms with Crippen LogP contribution in [0.3, 0.4) is 0 Å². The highest BCUT2D eigenvalue weighted by Crippen LogP contribution is 2.28. The molecule has 1 unspecified atom stereocenters. The van der Waals surface area contributed by atoms with Crippen LogP contribution in [0.15, 0.2) is 22.7 Å². The SMILES string of the molecule is CCCCCCCCOc1cc(Br)ccc1C(C)NC. The lowest BCUT2D eigenvalue weighted by molar-refractivity contribution is 0.299. The van der Waals surface area contributed by atoms with Gasteiger partial charge in [-0.3, -0.25) is 0 Å². The minimum atomic E-state index is 0.308. The first-order valence-corrected chi connectivity index (χ1v) is 8.57. The van der Waals surface area contributed by atoms with Gasteiger partial charge in [0.25, 0.3) is 0 Å². The molecule has 0 heterocycles. The number of hydrogen-bond acceptors (Lipinski definition) is 2. The van der Waals surface area contributed by atoms with Crippen molar-refractivity contribution in [3.63, 3.8) is 0 Å². The topological polar surface area (TPSA) is 21.3 Å². The Kier molecular flexibility index (Phi) is 8.95. The van der Waals surface area contributed by atoms with Gasteiger partial charge < -0.3 is 10.1 Å². The first-order chi connectivity index (χ1) is 9.69. The predicted octanol–water partition coefficient (Wildman–Crippen LogP) is 5.47. The Labute approximate surface area is 132 Å². The molecular formula is C17H28BrNO. The second kappa shape index (κ2) is 10.2. The molecular weight excluding hydrogens is 314 g/mol. The number of benzene rings is 1. The van der Waals surface area contributed by atoms with E-state index in [2.05, 4.69) is 53.3 Å². The number of rotatable bonds is 10. The van der Waals surface area contributed by atoms with Gasteiger partial charge in [-0.15, -0.1) is 0 Å². The van der Waals surface area contributed by atoms with Crippen molar-refractivity contribution >= 4 is 15.9 Å². The number of halogens is 1. The normalized spacial score (nSPS) is 12.4. The maximum absolute atomic E-state index is 5.98. The minimum Gasteiger partial charge on any atom is -0.493 e. The molecule has 0 radical (unpaired) electrons. The van der Waals surface area contributed by atoms with E-state index in [9.17, 15) is 0 Å². The molecule has 0 bridgehead atoms. The lowest BCUT2D eigenvalue weighted by atomic mass is 10.1. The highest BCUT2D eigenvalue weighted by molar-refractivity contribution is 9.10. The molecule has 20 heavy (non-hydrogen) atoms. The van der Waals surface area contributed by atoms with Gasteiger partial charge in [0.1, 0.15) is 5.75 Å². The van der Waals surface area contributed by atoms with Gasteiger partial charge in [-0.25, -0.2) is 0 Å². The van der Waals surface area contributed by atoms with Crippen LogP contribution < -0.4 is 10.1 Å². The molecule has 1 rings (SSSR count). The van der Waals surface area contributed by atoms with Gasteiger partial charge in [0.2, 0.25) is 0 Å². The van der Waals surface area contributed by atoms with E-state index >= 15 is 0 Å². The van der Waals surface area contributed by atoms with Crippen molar-refractivity contribution in [2.75, 3.05) is 13.7 Å². The summed E-state index contributed by atoms with van der Waals surface area (Å²) >= 11 is 3.52. The lowest BCUT2D eigenvalue weighted by Crippen LogP contribution is -2.14. The summed E-state index contributed by atoms with van der Waals surface area (Å²) in [5.41, 5.74) is 1.22. The highest BCUT2D eigenvalue weighted by Gasteiger charge is 2.10. The monoisotopic (exact) mass is 341 g/mol. The van der Waals surface area contributed by atoms with Gasteiger partial charge in [0.05, 0.1) is 6.61 Å². The first-order valence-electron chi connectivity index (χ1n) is 7.78. The van der Waals surface area contributed by atoms with Crippen molar-refractivity contribution in [3.05, 3.63) is 28.2 Å². The zero-order chi connectivity index (χ0) is 14.8. The molecule has 0 aromatic heterocycles. The third kappa shape index (κ3) is 6.27. The van der Waals surface area contributed by atoms with Crippen LogP contribution in [0.5, 0.6) is 5.75 Å². The van der Waals surface area contributed by atoms with Crippen LogP contribution in [-0.4, -0.2) is 13.7 Å². The summed E-state index contributed by atoms with van der Waals surface area (Å²) < 4.78 is 7.05. The van der Waals surface area contributed by atoms with Gasteiger partial charge in [0.15, 0.2) is 0 Å². The Morgan fingerprint density at radius 3 is 2.55 bits per heavy atom. The largest absolute Gasteiger partial charge is 0.493 e. The van der Waals surface area contributed by atoms with Crippen LogP contribution in [0.2, 0.25) is 0 Å². The molecule has 0 aliphatic heterocycles. The average molecular weight is 342 g/mol. The zero-order valence-corrected chi connectivity index (χ0v) is 14.6. The Hall–Kier alpha value is -0.540. The Morgan fingerprint density at radius 1 is 1.15 bits per heavy atom. The molecule has 0 saturated heterocycles. The standard InChI is InChI=1S/C17H28BrNO/c1-4-5-6-7-8-9-12-20-17-13-15(18)10-11-16(17)14(2)19-3/h10-11,13-14,19H,4-9,12H2,1-3H3. The van der Waals surface area contributed by atoms with Crippen molar-refractivity contribution in [1.82, 2.24) is 5.32 Å². The Balaban J connectivity index is 2.40. The van der Waals surface area contributed by atoms with Crippen molar-refractivity contribution in [3.8, 4) is 5.75 Å². The maximum Gasteiger partial charge on any atom is 0.125 e. The molecule has 0 aliphatic carbocycles. The smallest absolute Gasteiger partial charge is 0.125 e. The fourth-order valence-electron chi connectivity index (χ4n) is 2.21. The third-order valence-corrected chi connectivity index (χ3v) is 4.12. The molecule has 3 heteroatoms. The average Bonchev–Trinajstić information content (AvgIpc) is 2.45. The van der Waals surface area contributed by atoms with E-state index in [1.54, 1.807) is 0 Å². The van der Waals surface area contributed by atoms with Gasteiger partial charge >= 0.3 is 0 Å². The predicted molar refractivity (Wildman–Crippen MR) is 90.5 cm³/mol. The molecule has 0 amide bonds. The van der Waals surface area contributed by atoms with Crippen LogP contribution in [0.4, 0.5) is 0 Å². The summed E-state index contributed by atoms with van der Waals surface area (Å²) in [4.78, 5) is 0. The van der Waals surface area contributed by atoms with E-state index in [1.165, 1.54) is 37.7 Å². The van der Waals surface area contributed by atoms with Crippen LogP contribution in [0.1, 0.15) is 64.0 Å². The first kappa shape index (κ1) is 17.5. The second-order valence-electron chi connectivity index (χ2n) is 5.31. The Morgan fingerprint density at radius 2 is 1.85 bits per heavy atom. The minimum absolute atomic E-state index is 0.308. The fraction of sp³-hybridized carbons (Fsp3) is 0.647. The maximum atomic E-state index is 5.98. The van der Waals surface area contributed by atoms with Crippen LogP contribution in [0.25, 0.3) is 0 Å². The highest BCUT2D eigenvalue weighted by atomic mass is 79.9. The molecule has 1 aromatic rings. The van der Waals surface area contributed by atoms with Crippen LogP contribution in [0, 0.1) is 0 Å². The number of nitrogens with one attached hydrogen (secondary N) is 1. The molecule has 0 aliphatic rings. The molecule has 2 nitrogen and oxygen atoms in total. The van der Waals surface area contributed by atoms with Crippen molar-refractivity contribution in [2.24, 2.45) is 0 Å². The van der Waals surface area contributed by atoms with Gasteiger partial charge in [-0.2, -0.15) is 0 Å². The summed E-state index contributed by atoms with van der Waals surface area (Å²) in [6.45, 7) is 5.22. The van der Waals surface area contributed by atoms with E-state index in [-0.39, 0.29) is 0 Å². The molecule has 1 aromatic carbocycles. The molecule has 1 N–H and O–H groups in total. The van der Waals surface area contributed by atoms with Crippen LogP contribution in [-0.2, 0) is 0 Å². The van der Waals surface area contributed by atoms with E-state index < -0.39 is 0 Å². The van der Waals surface area contributed by atoms with E-state index in [0.29, 0.717) is 6.04 Å². The molecule has 0 saturated carbocycles. The van der Waals surface area contributed by atoms with Gasteiger partial charge in [0, 0.05) is 16.1 Å². The summed E-state index contributed by atoms with van der Waals surface area (Å²) in [5.74, 6) is 0.995. The van der Waals surface area contributed by atoms with Crippen molar-refractivity contribution < 1.29 is 4.74 Å². The lowest BCUT2D eigenvalue weighted by Gasteiger charge is -2.17. The molecule has 1 atom stereocenters. The third-order valence-electron chi connectivity index (χ3n) is 3.63. The quantitative estimate of drug-likeness (QED) is 0.569. The van der Waals surface area contributed by atoms with Gasteiger partial charge in [-0.1, -0.05) is 61.0 Å². The van der Waals surface area contributed by atoms with Crippen molar-refractivity contribution in [2.45, 2.75) is 58.4 Å². The number of hydrogen-bond donors (Lipinski definition) is 1. The Bertz CT molecular complexity index is 381. The van der Waals surface area contributed by atoms with E-state index in [0.717, 1.165) is 23.2 Å². The van der Waals surface area contributed by atoms with Gasteiger partial charge in [-0.05, 0) is 32.5 Å². The number of unbranched alkanes of at least 4 members (excludes halogenated alkanes) is 5. The van der Waals surface area contributed by atoms with E-state index in [4.69, 9.17) is 4.74 Å². The van der Waals surface area contributed by atoms with Crippen LogP contribution >= 0.6 is 15.9 Å². The summed E-state index contributed by atoms with van der Waals surface area (Å²) in [5, 5.41) is 3.27.